The molecule has 0 spiro atoms. The number of benzene rings is 5. The molecule has 5 aromatic carbocycles. The van der Waals surface area contributed by atoms with Gasteiger partial charge in [0.2, 0.25) is 0 Å². The summed E-state index contributed by atoms with van der Waals surface area (Å²) in [5.41, 5.74) is 8.27. The quantitative estimate of drug-likeness (QED) is 0.222. The van der Waals surface area contributed by atoms with Crippen LogP contribution in [0.15, 0.2) is 140 Å². The maximum atomic E-state index is 5.22. The fourth-order valence-corrected chi connectivity index (χ4v) is 6.64. The molecule has 0 fully saturated rings. The van der Waals surface area contributed by atoms with Crippen molar-refractivity contribution < 1.29 is 0 Å². The Morgan fingerprint density at radius 3 is 1.80 bits per heavy atom. The molecule has 3 heterocycles. The molecule has 8 rings (SSSR count). The van der Waals surface area contributed by atoms with Crippen molar-refractivity contribution in [1.82, 2.24) is 15.0 Å². The lowest BCUT2D eigenvalue weighted by Crippen LogP contribution is -1.97. The van der Waals surface area contributed by atoms with E-state index in [2.05, 4.69) is 109 Å². The second kappa shape index (κ2) is 9.77. The molecule has 0 saturated carbocycles. The average molecular weight is 542 g/mol. The predicted octanol–water partition coefficient (Wildman–Crippen LogP) is 10.1. The summed E-state index contributed by atoms with van der Waals surface area (Å²) in [6.45, 7) is 0. The molecule has 3 nitrogen and oxygen atoms in total. The third-order valence-corrected chi connectivity index (χ3v) is 8.59. The number of nitrogens with zero attached hydrogens (tertiary/aromatic N) is 3. The number of hydrogen-bond acceptors (Lipinski definition) is 4. The first kappa shape index (κ1) is 23.7. The van der Waals surface area contributed by atoms with Crippen molar-refractivity contribution in [2.45, 2.75) is 0 Å². The third kappa shape index (κ3) is 4.17. The highest BCUT2D eigenvalue weighted by Gasteiger charge is 2.19. The molecule has 0 aliphatic carbocycles. The lowest BCUT2D eigenvalue weighted by atomic mass is 9.98. The van der Waals surface area contributed by atoms with Crippen molar-refractivity contribution in [3.05, 3.63) is 140 Å². The molecular formula is C37H23N3S. The van der Waals surface area contributed by atoms with E-state index in [1.807, 2.05) is 30.3 Å². The Balaban J connectivity index is 1.41. The SMILES string of the molecule is c1ccc(-c2ccc(-c3cc(-c4c5ccccc5nc5sc6ccccc6c45)nc(-c4ccccc4)n3)cc2)cc1. The Hall–Kier alpha value is -5.19. The van der Waals surface area contributed by atoms with Gasteiger partial charge in [-0.3, -0.25) is 0 Å². The second-order valence-electron chi connectivity index (χ2n) is 10.1. The van der Waals surface area contributed by atoms with Crippen LogP contribution in [0.2, 0.25) is 0 Å². The van der Waals surface area contributed by atoms with Gasteiger partial charge in [0.25, 0.3) is 0 Å². The zero-order chi connectivity index (χ0) is 27.2. The van der Waals surface area contributed by atoms with Crippen LogP contribution in [0, 0.1) is 0 Å². The molecule has 8 aromatic rings. The molecule has 3 aromatic heterocycles. The highest BCUT2D eigenvalue weighted by molar-refractivity contribution is 7.25. The molecule has 0 aliphatic heterocycles. The number of fused-ring (bicyclic) bond motifs is 4. The van der Waals surface area contributed by atoms with Crippen LogP contribution in [0.1, 0.15) is 0 Å². The fraction of sp³-hybridized carbons (Fsp3) is 0. The fourth-order valence-electron chi connectivity index (χ4n) is 5.55. The molecule has 4 heteroatoms. The standard InChI is InChI=1S/C37H23N3S/c1-3-11-24(12-4-1)25-19-21-26(22-20-25)31-23-32(39-36(38-31)27-13-5-2-6-14-27)34-28-15-7-9-17-30(28)40-37-35(34)29-16-8-10-18-33(29)41-37/h1-23H. The van der Waals surface area contributed by atoms with Crippen LogP contribution >= 0.6 is 11.3 Å². The molecule has 192 valence electrons. The number of rotatable bonds is 4. The van der Waals surface area contributed by atoms with Crippen molar-refractivity contribution in [1.29, 1.82) is 0 Å². The number of aromatic nitrogens is 3. The van der Waals surface area contributed by atoms with E-state index in [4.69, 9.17) is 15.0 Å². The minimum Gasteiger partial charge on any atom is -0.237 e. The molecule has 0 N–H and O–H groups in total. The van der Waals surface area contributed by atoms with Crippen LogP contribution in [0.25, 0.3) is 76.2 Å². The van der Waals surface area contributed by atoms with Crippen LogP contribution in [0.5, 0.6) is 0 Å². The van der Waals surface area contributed by atoms with Crippen molar-refractivity contribution >= 4 is 42.5 Å². The Bertz CT molecular complexity index is 2180. The molecule has 0 radical (unpaired) electrons. The van der Waals surface area contributed by atoms with Crippen molar-refractivity contribution in [2.24, 2.45) is 0 Å². The Morgan fingerprint density at radius 1 is 0.439 bits per heavy atom. The summed E-state index contributed by atoms with van der Waals surface area (Å²) in [6, 6.07) is 48.4. The van der Waals surface area contributed by atoms with E-state index in [-0.39, 0.29) is 0 Å². The Labute approximate surface area is 241 Å². The summed E-state index contributed by atoms with van der Waals surface area (Å²) in [5.74, 6) is 0.707. The zero-order valence-corrected chi connectivity index (χ0v) is 22.8. The molecule has 0 atom stereocenters. The minimum atomic E-state index is 0.707. The molecule has 0 amide bonds. The molecule has 41 heavy (non-hydrogen) atoms. The van der Waals surface area contributed by atoms with E-state index in [1.54, 1.807) is 11.3 Å². The first-order valence-electron chi connectivity index (χ1n) is 13.6. The highest BCUT2D eigenvalue weighted by atomic mass is 32.1. The minimum absolute atomic E-state index is 0.707. The summed E-state index contributed by atoms with van der Waals surface area (Å²) in [4.78, 5) is 16.4. The normalized spacial score (nSPS) is 11.4. The van der Waals surface area contributed by atoms with E-state index in [0.717, 1.165) is 49.2 Å². The Morgan fingerprint density at radius 2 is 1.02 bits per heavy atom. The predicted molar refractivity (Wildman–Crippen MR) is 172 cm³/mol. The highest BCUT2D eigenvalue weighted by Crippen LogP contribution is 2.43. The summed E-state index contributed by atoms with van der Waals surface area (Å²) in [6.07, 6.45) is 0. The van der Waals surface area contributed by atoms with Crippen molar-refractivity contribution in [2.75, 3.05) is 0 Å². The lowest BCUT2D eigenvalue weighted by molar-refractivity contribution is 1.19. The second-order valence-corrected chi connectivity index (χ2v) is 11.1. The van der Waals surface area contributed by atoms with Gasteiger partial charge in [-0.05, 0) is 29.3 Å². The van der Waals surface area contributed by atoms with Gasteiger partial charge >= 0.3 is 0 Å². The van der Waals surface area contributed by atoms with Gasteiger partial charge in [0.1, 0.15) is 4.83 Å². The van der Waals surface area contributed by atoms with Crippen molar-refractivity contribution in [3.63, 3.8) is 0 Å². The molecule has 0 saturated heterocycles. The third-order valence-electron chi connectivity index (χ3n) is 7.52. The number of pyridine rings is 1. The van der Waals surface area contributed by atoms with E-state index >= 15 is 0 Å². The van der Waals surface area contributed by atoms with Gasteiger partial charge in [-0.1, -0.05) is 121 Å². The first-order chi connectivity index (χ1) is 20.3. The van der Waals surface area contributed by atoms with Crippen LogP contribution in [-0.2, 0) is 0 Å². The number of thiophene rings is 1. The lowest BCUT2D eigenvalue weighted by Gasteiger charge is -2.13. The van der Waals surface area contributed by atoms with Gasteiger partial charge in [-0.15, -0.1) is 11.3 Å². The topological polar surface area (TPSA) is 38.7 Å². The number of hydrogen-bond donors (Lipinski definition) is 0. The maximum Gasteiger partial charge on any atom is 0.160 e. The summed E-state index contributed by atoms with van der Waals surface area (Å²) < 4.78 is 1.22. The van der Waals surface area contributed by atoms with Gasteiger partial charge in [-0.25, -0.2) is 15.0 Å². The summed E-state index contributed by atoms with van der Waals surface area (Å²) >= 11 is 1.73. The van der Waals surface area contributed by atoms with Gasteiger partial charge in [0, 0.05) is 37.5 Å². The molecular weight excluding hydrogens is 518 g/mol. The number of para-hydroxylation sites is 1. The summed E-state index contributed by atoms with van der Waals surface area (Å²) in [5, 5.41) is 3.44. The van der Waals surface area contributed by atoms with Crippen LogP contribution in [-0.4, -0.2) is 15.0 Å². The van der Waals surface area contributed by atoms with E-state index < -0.39 is 0 Å². The summed E-state index contributed by atoms with van der Waals surface area (Å²) in [7, 11) is 0. The van der Waals surface area contributed by atoms with E-state index in [0.29, 0.717) is 5.82 Å². The van der Waals surface area contributed by atoms with Gasteiger partial charge in [-0.2, -0.15) is 0 Å². The smallest absolute Gasteiger partial charge is 0.160 e. The molecule has 0 aliphatic rings. The van der Waals surface area contributed by atoms with Gasteiger partial charge in [0.05, 0.1) is 16.9 Å². The van der Waals surface area contributed by atoms with Crippen molar-refractivity contribution in [3.8, 4) is 45.0 Å². The first-order valence-corrected chi connectivity index (χ1v) is 14.4. The largest absolute Gasteiger partial charge is 0.237 e. The molecule has 0 bridgehead atoms. The maximum absolute atomic E-state index is 5.22. The average Bonchev–Trinajstić information content (AvgIpc) is 3.42. The van der Waals surface area contributed by atoms with Gasteiger partial charge in [0.15, 0.2) is 5.82 Å². The van der Waals surface area contributed by atoms with Crippen LogP contribution in [0.4, 0.5) is 0 Å². The molecule has 0 unspecified atom stereocenters. The van der Waals surface area contributed by atoms with Crippen LogP contribution in [0.3, 0.4) is 0 Å². The monoisotopic (exact) mass is 541 g/mol. The van der Waals surface area contributed by atoms with Gasteiger partial charge < -0.3 is 0 Å². The van der Waals surface area contributed by atoms with E-state index in [1.165, 1.54) is 21.2 Å². The van der Waals surface area contributed by atoms with Crippen LogP contribution < -0.4 is 0 Å². The Kier molecular flexibility index (Phi) is 5.64. The van der Waals surface area contributed by atoms with E-state index in [9.17, 15) is 0 Å². The zero-order valence-electron chi connectivity index (χ0n) is 22.0.